The number of dihydropyridines is 1. The molecule has 5 nitrogen and oxygen atoms in total. The van der Waals surface area contributed by atoms with Gasteiger partial charge < -0.3 is 11.1 Å². The molecule has 2 aromatic rings. The first kappa shape index (κ1) is 18.6. The average Bonchev–Trinajstić information content (AvgIpc) is 2.63. The Hall–Kier alpha value is -2.69. The number of nitrogens with zero attached hydrogens (tertiary/aromatic N) is 2. The van der Waals surface area contributed by atoms with E-state index >= 15 is 0 Å². The van der Waals surface area contributed by atoms with E-state index in [-0.39, 0.29) is 11.8 Å². The van der Waals surface area contributed by atoms with E-state index < -0.39 is 0 Å². The maximum atomic E-state index is 12.0. The van der Waals surface area contributed by atoms with Crippen molar-refractivity contribution >= 4 is 27.9 Å². The van der Waals surface area contributed by atoms with Crippen LogP contribution in [-0.2, 0) is 4.79 Å². The van der Waals surface area contributed by atoms with Crippen LogP contribution in [0.1, 0.15) is 46.2 Å². The zero-order chi connectivity index (χ0) is 18.4. The van der Waals surface area contributed by atoms with Crippen LogP contribution < -0.4 is 11.1 Å². The SMILES string of the molecule is CC.CCCC(=O)C1C=C(C)C(c2cc3cnc(N)cc3cn2)=CN1. The van der Waals surface area contributed by atoms with Crippen LogP contribution in [0.3, 0.4) is 0 Å². The molecule has 0 aromatic carbocycles. The lowest BCUT2D eigenvalue weighted by Gasteiger charge is -2.21. The van der Waals surface area contributed by atoms with Gasteiger partial charge in [0, 0.05) is 41.4 Å². The topological polar surface area (TPSA) is 80.9 Å². The van der Waals surface area contributed by atoms with Crippen LogP contribution >= 0.6 is 0 Å². The molecule has 0 saturated heterocycles. The molecule has 0 saturated carbocycles. The van der Waals surface area contributed by atoms with Crippen molar-refractivity contribution in [3.63, 3.8) is 0 Å². The summed E-state index contributed by atoms with van der Waals surface area (Å²) in [6.45, 7) is 8.02. The van der Waals surface area contributed by atoms with Crippen molar-refractivity contribution in [2.75, 3.05) is 5.73 Å². The van der Waals surface area contributed by atoms with Crippen molar-refractivity contribution in [1.82, 2.24) is 15.3 Å². The smallest absolute Gasteiger partial charge is 0.158 e. The molecule has 0 bridgehead atoms. The Labute approximate surface area is 149 Å². The van der Waals surface area contributed by atoms with Gasteiger partial charge in [0.2, 0.25) is 0 Å². The molecular formula is C20H26N4O. The van der Waals surface area contributed by atoms with Crippen molar-refractivity contribution in [2.24, 2.45) is 0 Å². The number of anilines is 1. The Bertz CT molecular complexity index is 824. The number of rotatable bonds is 4. The van der Waals surface area contributed by atoms with Gasteiger partial charge in [0.1, 0.15) is 11.9 Å². The number of hydrogen-bond acceptors (Lipinski definition) is 5. The first-order valence-electron chi connectivity index (χ1n) is 8.78. The molecule has 0 aliphatic carbocycles. The van der Waals surface area contributed by atoms with Crippen LogP contribution in [-0.4, -0.2) is 21.8 Å². The zero-order valence-electron chi connectivity index (χ0n) is 15.3. The highest BCUT2D eigenvalue weighted by atomic mass is 16.1. The van der Waals surface area contributed by atoms with Crippen LogP contribution in [0.15, 0.2) is 42.4 Å². The number of pyridine rings is 2. The van der Waals surface area contributed by atoms with Crippen LogP contribution in [0, 0.1) is 0 Å². The lowest BCUT2D eigenvalue weighted by Crippen LogP contribution is -2.34. The molecular weight excluding hydrogens is 312 g/mol. The summed E-state index contributed by atoms with van der Waals surface area (Å²) < 4.78 is 0. The van der Waals surface area contributed by atoms with E-state index in [0.29, 0.717) is 12.2 Å². The molecule has 3 rings (SSSR count). The molecule has 1 unspecified atom stereocenters. The summed E-state index contributed by atoms with van der Waals surface area (Å²) in [5.74, 6) is 0.701. The first-order valence-corrected chi connectivity index (χ1v) is 8.78. The number of nitrogen functional groups attached to an aromatic ring is 1. The van der Waals surface area contributed by atoms with E-state index in [9.17, 15) is 4.79 Å². The summed E-state index contributed by atoms with van der Waals surface area (Å²) >= 11 is 0. The number of nitrogens with two attached hydrogens (primary N) is 1. The van der Waals surface area contributed by atoms with Crippen molar-refractivity contribution in [3.05, 3.63) is 48.1 Å². The number of fused-ring (bicyclic) bond motifs is 1. The summed E-state index contributed by atoms with van der Waals surface area (Å²) in [4.78, 5) is 20.7. The molecule has 3 heterocycles. The minimum atomic E-state index is -0.236. The summed E-state index contributed by atoms with van der Waals surface area (Å²) in [5, 5.41) is 5.13. The lowest BCUT2D eigenvalue weighted by molar-refractivity contribution is -0.119. The highest BCUT2D eigenvalue weighted by Gasteiger charge is 2.19. The number of allylic oxidation sites excluding steroid dienone is 2. The normalized spacial score (nSPS) is 16.2. The van der Waals surface area contributed by atoms with Gasteiger partial charge in [-0.2, -0.15) is 0 Å². The minimum absolute atomic E-state index is 0.216. The van der Waals surface area contributed by atoms with Crippen molar-refractivity contribution in [1.29, 1.82) is 0 Å². The summed E-state index contributed by atoms with van der Waals surface area (Å²) in [7, 11) is 0. The third-order valence-electron chi connectivity index (χ3n) is 3.99. The Morgan fingerprint density at radius 2 is 1.88 bits per heavy atom. The minimum Gasteiger partial charge on any atom is -0.384 e. The molecule has 0 amide bonds. The van der Waals surface area contributed by atoms with Gasteiger partial charge in [-0.3, -0.25) is 9.78 Å². The van der Waals surface area contributed by atoms with Crippen LogP contribution in [0.4, 0.5) is 5.82 Å². The van der Waals surface area contributed by atoms with Gasteiger partial charge in [-0.1, -0.05) is 26.8 Å². The summed E-state index contributed by atoms with van der Waals surface area (Å²) in [5.41, 5.74) is 8.59. The number of carbonyl (C=O) groups excluding carboxylic acids is 1. The lowest BCUT2D eigenvalue weighted by atomic mass is 9.96. The molecule has 1 aliphatic rings. The third kappa shape index (κ3) is 4.24. The van der Waals surface area contributed by atoms with E-state index in [2.05, 4.69) is 15.3 Å². The van der Waals surface area contributed by atoms with Gasteiger partial charge in [-0.15, -0.1) is 0 Å². The molecule has 25 heavy (non-hydrogen) atoms. The fourth-order valence-electron chi connectivity index (χ4n) is 2.74. The predicted octanol–water partition coefficient (Wildman–Crippen LogP) is 3.87. The molecule has 2 aromatic heterocycles. The Balaban J connectivity index is 0.00000109. The van der Waals surface area contributed by atoms with Gasteiger partial charge in [0.05, 0.1) is 5.69 Å². The van der Waals surface area contributed by atoms with Crippen LogP contribution in [0.2, 0.25) is 0 Å². The summed E-state index contributed by atoms with van der Waals surface area (Å²) in [6.07, 6.45) is 8.85. The van der Waals surface area contributed by atoms with Gasteiger partial charge in [-0.05, 0) is 31.1 Å². The first-order chi connectivity index (χ1) is 12.1. The molecule has 5 heteroatoms. The fourth-order valence-corrected chi connectivity index (χ4v) is 2.74. The largest absolute Gasteiger partial charge is 0.384 e. The Morgan fingerprint density at radius 3 is 2.56 bits per heavy atom. The number of Topliss-reactive ketones (excluding diaryl/α,β-unsaturated/α-hetero) is 1. The molecule has 0 fully saturated rings. The number of hydrogen-bond donors (Lipinski definition) is 2. The van der Waals surface area contributed by atoms with Gasteiger partial charge >= 0.3 is 0 Å². The van der Waals surface area contributed by atoms with E-state index in [0.717, 1.165) is 34.0 Å². The van der Waals surface area contributed by atoms with E-state index in [1.165, 1.54) is 0 Å². The highest BCUT2D eigenvalue weighted by Crippen LogP contribution is 2.26. The van der Waals surface area contributed by atoms with Gasteiger partial charge in [0.25, 0.3) is 0 Å². The second-order valence-corrected chi connectivity index (χ2v) is 5.79. The third-order valence-corrected chi connectivity index (χ3v) is 3.99. The van der Waals surface area contributed by atoms with E-state index in [4.69, 9.17) is 5.73 Å². The maximum Gasteiger partial charge on any atom is 0.158 e. The number of ketones is 1. The standard InChI is InChI=1S/C18H20N4O.C2H6/c1-3-4-17(23)16-5-11(2)14(10-21-16)15-6-12-9-22-18(19)7-13(12)8-20-15;1-2/h5-10,16,21H,3-4H2,1-2H3,(H2,19,22);1-2H3. The van der Waals surface area contributed by atoms with Crippen LogP contribution in [0.5, 0.6) is 0 Å². The van der Waals surface area contributed by atoms with Crippen LogP contribution in [0.25, 0.3) is 16.3 Å². The Kier molecular flexibility index (Phi) is 6.28. The fraction of sp³-hybridized carbons (Fsp3) is 0.350. The second-order valence-electron chi connectivity index (χ2n) is 5.79. The average molecular weight is 338 g/mol. The number of nitrogens with one attached hydrogen (secondary N) is 1. The summed E-state index contributed by atoms with van der Waals surface area (Å²) in [6, 6.07) is 3.56. The van der Waals surface area contributed by atoms with Gasteiger partial charge in [0.15, 0.2) is 5.78 Å². The maximum absolute atomic E-state index is 12.0. The number of aromatic nitrogens is 2. The quantitative estimate of drug-likeness (QED) is 0.884. The van der Waals surface area contributed by atoms with E-state index in [1.54, 1.807) is 12.4 Å². The molecule has 132 valence electrons. The predicted molar refractivity (Wildman–Crippen MR) is 104 cm³/mol. The molecule has 1 atom stereocenters. The number of carbonyl (C=O) groups is 1. The van der Waals surface area contributed by atoms with E-state index in [1.807, 2.05) is 52.1 Å². The van der Waals surface area contributed by atoms with Gasteiger partial charge in [-0.25, -0.2) is 4.98 Å². The monoisotopic (exact) mass is 338 g/mol. The second kappa shape index (κ2) is 8.42. The Morgan fingerprint density at radius 1 is 1.20 bits per heavy atom. The molecule has 1 aliphatic heterocycles. The molecule has 0 radical (unpaired) electrons. The molecule has 0 spiro atoms. The van der Waals surface area contributed by atoms with Crippen molar-refractivity contribution in [2.45, 2.75) is 46.6 Å². The van der Waals surface area contributed by atoms with Crippen molar-refractivity contribution in [3.8, 4) is 0 Å². The molecule has 3 N–H and O–H groups in total. The van der Waals surface area contributed by atoms with Crippen molar-refractivity contribution < 1.29 is 4.79 Å². The zero-order valence-corrected chi connectivity index (χ0v) is 15.3. The highest BCUT2D eigenvalue weighted by molar-refractivity contribution is 5.91.